The van der Waals surface area contributed by atoms with Gasteiger partial charge in [-0.3, -0.25) is 10.1 Å². The van der Waals surface area contributed by atoms with Gasteiger partial charge in [-0.15, -0.1) is 0 Å². The monoisotopic (exact) mass is 288 g/mol. The Kier molecular flexibility index (Phi) is 4.27. The Bertz CT molecular complexity index is 491. The van der Waals surface area contributed by atoms with Gasteiger partial charge in [0.15, 0.2) is 0 Å². The van der Waals surface area contributed by atoms with Crippen molar-refractivity contribution in [3.63, 3.8) is 0 Å². The molecule has 0 spiro atoms. The van der Waals surface area contributed by atoms with Crippen molar-refractivity contribution in [3.05, 3.63) is 35.9 Å². The van der Waals surface area contributed by atoms with E-state index in [4.69, 9.17) is 4.74 Å². The molecule has 0 radical (unpaired) electrons. The molecule has 1 aromatic carbocycles. The molecular weight excluding hydrogens is 264 g/mol. The van der Waals surface area contributed by atoms with E-state index >= 15 is 0 Å². The molecule has 4 unspecified atom stereocenters. The second kappa shape index (κ2) is 6.16. The van der Waals surface area contributed by atoms with Crippen LogP contribution in [0.2, 0.25) is 0 Å². The third-order valence-electron chi connectivity index (χ3n) is 4.74. The summed E-state index contributed by atoms with van der Waals surface area (Å²) in [5, 5.41) is 3.48. The van der Waals surface area contributed by atoms with E-state index in [9.17, 15) is 4.79 Å². The van der Waals surface area contributed by atoms with Gasteiger partial charge in [-0.1, -0.05) is 37.3 Å². The number of nitrogens with one attached hydrogen (secondary N) is 1. The minimum absolute atomic E-state index is 0.00329. The summed E-state index contributed by atoms with van der Waals surface area (Å²) < 4.78 is 5.65. The Balaban J connectivity index is 1.81. The van der Waals surface area contributed by atoms with Gasteiger partial charge < -0.3 is 9.64 Å². The second-order valence-corrected chi connectivity index (χ2v) is 6.06. The highest BCUT2D eigenvalue weighted by atomic mass is 16.5. The van der Waals surface area contributed by atoms with Crippen molar-refractivity contribution in [1.82, 2.24) is 10.2 Å². The minimum atomic E-state index is -0.0622. The number of hydrogen-bond donors (Lipinski definition) is 1. The van der Waals surface area contributed by atoms with E-state index in [1.165, 1.54) is 0 Å². The molecule has 2 aliphatic heterocycles. The summed E-state index contributed by atoms with van der Waals surface area (Å²) in [6.45, 7) is 5.76. The molecule has 0 aliphatic carbocycles. The molecule has 2 heterocycles. The quantitative estimate of drug-likeness (QED) is 0.924. The molecule has 1 amide bonds. The molecule has 2 saturated heterocycles. The van der Waals surface area contributed by atoms with Crippen LogP contribution in [0.1, 0.15) is 38.4 Å². The molecule has 0 bridgehead atoms. The summed E-state index contributed by atoms with van der Waals surface area (Å²) in [6, 6.07) is 10.2. The highest BCUT2D eigenvalue weighted by Gasteiger charge is 2.40. The van der Waals surface area contributed by atoms with Crippen LogP contribution < -0.4 is 5.32 Å². The SMILES string of the molecule is CCC1NC(c2ccccc2)N(CC2CCOC2C)C1=O. The van der Waals surface area contributed by atoms with E-state index < -0.39 is 0 Å². The topological polar surface area (TPSA) is 41.6 Å². The van der Waals surface area contributed by atoms with Crippen molar-refractivity contribution in [3.8, 4) is 0 Å². The first kappa shape index (κ1) is 14.5. The maximum atomic E-state index is 12.6. The average Bonchev–Trinajstić information content (AvgIpc) is 3.05. The lowest BCUT2D eigenvalue weighted by Gasteiger charge is -2.28. The van der Waals surface area contributed by atoms with Gasteiger partial charge >= 0.3 is 0 Å². The first-order valence-corrected chi connectivity index (χ1v) is 7.93. The van der Waals surface area contributed by atoms with Crippen molar-refractivity contribution < 1.29 is 9.53 Å². The molecule has 4 atom stereocenters. The van der Waals surface area contributed by atoms with Crippen LogP contribution in [0.3, 0.4) is 0 Å². The molecular formula is C17H24N2O2. The summed E-state index contributed by atoms with van der Waals surface area (Å²) in [5.74, 6) is 0.669. The highest BCUT2D eigenvalue weighted by Crippen LogP contribution is 2.30. The van der Waals surface area contributed by atoms with Crippen LogP contribution in [0.25, 0.3) is 0 Å². The van der Waals surface area contributed by atoms with Crippen LogP contribution in [-0.2, 0) is 9.53 Å². The smallest absolute Gasteiger partial charge is 0.241 e. The van der Waals surface area contributed by atoms with Crippen LogP contribution in [0, 0.1) is 5.92 Å². The van der Waals surface area contributed by atoms with E-state index in [0.717, 1.165) is 31.6 Å². The number of nitrogens with zero attached hydrogens (tertiary/aromatic N) is 1. The van der Waals surface area contributed by atoms with Crippen LogP contribution in [0.15, 0.2) is 30.3 Å². The fraction of sp³-hybridized carbons (Fsp3) is 0.588. The first-order valence-electron chi connectivity index (χ1n) is 7.93. The highest BCUT2D eigenvalue weighted by molar-refractivity contribution is 5.84. The van der Waals surface area contributed by atoms with Crippen molar-refractivity contribution in [2.45, 2.75) is 45.0 Å². The summed E-state index contributed by atoms with van der Waals surface area (Å²) >= 11 is 0. The summed E-state index contributed by atoms with van der Waals surface area (Å²) in [6.07, 6.45) is 2.12. The maximum Gasteiger partial charge on any atom is 0.241 e. The van der Waals surface area contributed by atoms with Crippen molar-refractivity contribution in [1.29, 1.82) is 0 Å². The number of rotatable bonds is 4. The van der Waals surface area contributed by atoms with Crippen molar-refractivity contribution in [2.75, 3.05) is 13.2 Å². The molecule has 1 aromatic rings. The van der Waals surface area contributed by atoms with Gasteiger partial charge in [0.05, 0.1) is 12.1 Å². The van der Waals surface area contributed by atoms with Gasteiger partial charge in [0.1, 0.15) is 6.17 Å². The second-order valence-electron chi connectivity index (χ2n) is 6.06. The van der Waals surface area contributed by atoms with E-state index in [1.54, 1.807) is 0 Å². The summed E-state index contributed by atoms with van der Waals surface area (Å²) in [7, 11) is 0. The van der Waals surface area contributed by atoms with Crippen LogP contribution in [-0.4, -0.2) is 36.1 Å². The summed E-state index contributed by atoms with van der Waals surface area (Å²) in [4.78, 5) is 14.7. The standard InChI is InChI=1S/C17H24N2O2/c1-3-15-17(20)19(11-14-9-10-21-12(14)2)16(18-15)13-7-5-4-6-8-13/h4-8,12,14-16,18H,3,9-11H2,1-2H3. The Morgan fingerprint density at radius 2 is 2.10 bits per heavy atom. The molecule has 4 heteroatoms. The number of ether oxygens (including phenoxy) is 1. The number of amides is 1. The third kappa shape index (κ3) is 2.83. The largest absolute Gasteiger partial charge is 0.378 e. The van der Waals surface area contributed by atoms with Gasteiger partial charge in [0, 0.05) is 19.1 Å². The van der Waals surface area contributed by atoms with Gasteiger partial charge in [-0.25, -0.2) is 0 Å². The molecule has 0 saturated carbocycles. The average molecular weight is 288 g/mol. The normalized spacial score (nSPS) is 32.9. The van der Waals surface area contributed by atoms with E-state index in [2.05, 4.69) is 31.3 Å². The van der Waals surface area contributed by atoms with E-state index in [1.807, 2.05) is 23.1 Å². The molecule has 3 rings (SSSR count). The number of carbonyl (C=O) groups excluding carboxylic acids is 1. The fourth-order valence-electron chi connectivity index (χ4n) is 3.35. The minimum Gasteiger partial charge on any atom is -0.378 e. The zero-order chi connectivity index (χ0) is 14.8. The Hall–Kier alpha value is -1.39. The Labute approximate surface area is 126 Å². The van der Waals surface area contributed by atoms with Gasteiger partial charge in [0.25, 0.3) is 0 Å². The number of hydrogen-bond acceptors (Lipinski definition) is 3. The molecule has 21 heavy (non-hydrogen) atoms. The zero-order valence-electron chi connectivity index (χ0n) is 12.8. The molecule has 0 aromatic heterocycles. The fourth-order valence-corrected chi connectivity index (χ4v) is 3.35. The molecule has 4 nitrogen and oxygen atoms in total. The van der Waals surface area contributed by atoms with Gasteiger partial charge in [-0.2, -0.15) is 0 Å². The predicted molar refractivity (Wildman–Crippen MR) is 81.6 cm³/mol. The molecule has 1 N–H and O–H groups in total. The molecule has 2 aliphatic rings. The predicted octanol–water partition coefficient (Wildman–Crippen LogP) is 2.32. The lowest BCUT2D eigenvalue weighted by molar-refractivity contribution is -0.131. The van der Waals surface area contributed by atoms with Crippen molar-refractivity contribution >= 4 is 5.91 Å². The van der Waals surface area contributed by atoms with Crippen molar-refractivity contribution in [2.24, 2.45) is 5.92 Å². The van der Waals surface area contributed by atoms with Gasteiger partial charge in [0.2, 0.25) is 5.91 Å². The Morgan fingerprint density at radius 1 is 1.33 bits per heavy atom. The van der Waals surface area contributed by atoms with Gasteiger partial charge in [-0.05, 0) is 25.3 Å². The summed E-state index contributed by atoms with van der Waals surface area (Å²) in [5.41, 5.74) is 1.16. The lowest BCUT2D eigenvalue weighted by Crippen LogP contribution is -2.37. The number of carbonyl (C=O) groups is 1. The van der Waals surface area contributed by atoms with Crippen LogP contribution >= 0.6 is 0 Å². The Morgan fingerprint density at radius 3 is 2.71 bits per heavy atom. The zero-order valence-corrected chi connectivity index (χ0v) is 12.8. The van der Waals surface area contributed by atoms with E-state index in [0.29, 0.717) is 5.92 Å². The molecule has 2 fully saturated rings. The van der Waals surface area contributed by atoms with E-state index in [-0.39, 0.29) is 24.2 Å². The lowest BCUT2D eigenvalue weighted by atomic mass is 10.0. The third-order valence-corrected chi connectivity index (χ3v) is 4.74. The van der Waals surface area contributed by atoms with Crippen LogP contribution in [0.4, 0.5) is 0 Å². The maximum absolute atomic E-state index is 12.6. The molecule has 114 valence electrons. The first-order chi connectivity index (χ1) is 10.2. The van der Waals surface area contributed by atoms with Crippen LogP contribution in [0.5, 0.6) is 0 Å². The number of benzene rings is 1.